The summed E-state index contributed by atoms with van der Waals surface area (Å²) >= 11 is 9.24. The van der Waals surface area contributed by atoms with E-state index in [-0.39, 0.29) is 5.91 Å². The van der Waals surface area contributed by atoms with E-state index in [0.717, 1.165) is 30.4 Å². The van der Waals surface area contributed by atoms with Crippen LogP contribution in [0.2, 0.25) is 5.02 Å². The average Bonchev–Trinajstić information content (AvgIpc) is 2.47. The lowest BCUT2D eigenvalue weighted by Crippen LogP contribution is -2.34. The van der Waals surface area contributed by atoms with E-state index in [0.29, 0.717) is 29.8 Å². The number of nitrogens with one attached hydrogen (secondary N) is 2. The first kappa shape index (κ1) is 15.8. The van der Waals surface area contributed by atoms with Crippen molar-refractivity contribution in [3.05, 3.63) is 33.3 Å². The van der Waals surface area contributed by atoms with E-state index in [9.17, 15) is 4.79 Å². The second kappa shape index (κ2) is 7.98. The predicted molar refractivity (Wildman–Crippen MR) is 83.3 cm³/mol. The van der Waals surface area contributed by atoms with Gasteiger partial charge in [0, 0.05) is 16.0 Å². The Kier molecular flexibility index (Phi) is 6.29. The lowest BCUT2D eigenvalue weighted by atomic mass is 10.1. The fourth-order valence-corrected chi connectivity index (χ4v) is 2.72. The molecule has 6 heteroatoms. The van der Waals surface area contributed by atoms with Crippen molar-refractivity contribution in [1.82, 2.24) is 10.6 Å². The quantitative estimate of drug-likeness (QED) is 0.793. The van der Waals surface area contributed by atoms with Gasteiger partial charge in [-0.05, 0) is 60.1 Å². The molecule has 0 bridgehead atoms. The lowest BCUT2D eigenvalue weighted by Gasteiger charge is -2.22. The summed E-state index contributed by atoms with van der Waals surface area (Å²) in [6.45, 7) is 3.05. The van der Waals surface area contributed by atoms with Gasteiger partial charge in [-0.25, -0.2) is 0 Å². The van der Waals surface area contributed by atoms with Crippen molar-refractivity contribution >= 4 is 33.4 Å². The standard InChI is InChI=1S/C14H18BrClN2O2/c15-13-2-1-10(16)9-12(13)14(19)18-7-8-20-11-3-5-17-6-4-11/h1-2,9,11,17H,3-8H2,(H,18,19). The molecule has 1 aromatic carbocycles. The Bertz CT molecular complexity index is 464. The number of rotatable bonds is 5. The first-order chi connectivity index (χ1) is 9.66. The number of carbonyl (C=O) groups is 1. The molecular weight excluding hydrogens is 344 g/mol. The molecule has 1 aliphatic heterocycles. The van der Waals surface area contributed by atoms with Crippen LogP contribution in [-0.4, -0.2) is 38.3 Å². The van der Waals surface area contributed by atoms with Crippen molar-refractivity contribution in [2.45, 2.75) is 18.9 Å². The molecule has 0 spiro atoms. The Morgan fingerprint density at radius 3 is 2.95 bits per heavy atom. The highest BCUT2D eigenvalue weighted by molar-refractivity contribution is 9.10. The molecule has 1 amide bonds. The summed E-state index contributed by atoms with van der Waals surface area (Å²) in [5.74, 6) is -0.145. The number of carbonyl (C=O) groups excluding carboxylic acids is 1. The van der Waals surface area contributed by atoms with Gasteiger partial charge in [0.1, 0.15) is 0 Å². The number of benzene rings is 1. The first-order valence-corrected chi connectivity index (χ1v) is 7.89. The summed E-state index contributed by atoms with van der Waals surface area (Å²) in [5, 5.41) is 6.67. The first-order valence-electron chi connectivity index (χ1n) is 6.72. The number of amides is 1. The molecule has 1 aromatic rings. The van der Waals surface area contributed by atoms with E-state index in [2.05, 4.69) is 26.6 Å². The number of hydrogen-bond acceptors (Lipinski definition) is 3. The van der Waals surface area contributed by atoms with E-state index in [1.807, 2.05) is 0 Å². The molecular formula is C14H18BrClN2O2. The molecule has 1 aliphatic rings. The number of hydrogen-bond donors (Lipinski definition) is 2. The Labute approximate surface area is 132 Å². The fourth-order valence-electron chi connectivity index (χ4n) is 2.12. The smallest absolute Gasteiger partial charge is 0.252 e. The molecule has 0 unspecified atom stereocenters. The largest absolute Gasteiger partial charge is 0.376 e. The van der Waals surface area contributed by atoms with E-state index in [1.165, 1.54) is 0 Å². The van der Waals surface area contributed by atoms with Crippen LogP contribution < -0.4 is 10.6 Å². The topological polar surface area (TPSA) is 50.4 Å². The van der Waals surface area contributed by atoms with Gasteiger partial charge in [0.15, 0.2) is 0 Å². The van der Waals surface area contributed by atoms with Crippen LogP contribution in [0.1, 0.15) is 23.2 Å². The zero-order valence-corrected chi connectivity index (χ0v) is 13.5. The zero-order valence-electron chi connectivity index (χ0n) is 11.1. The molecule has 2 N–H and O–H groups in total. The maximum atomic E-state index is 12.0. The van der Waals surface area contributed by atoms with E-state index >= 15 is 0 Å². The van der Waals surface area contributed by atoms with Gasteiger partial charge in [-0.3, -0.25) is 4.79 Å². The third-order valence-electron chi connectivity index (χ3n) is 3.20. The lowest BCUT2D eigenvalue weighted by molar-refractivity contribution is 0.0343. The van der Waals surface area contributed by atoms with E-state index in [4.69, 9.17) is 16.3 Å². The van der Waals surface area contributed by atoms with Gasteiger partial charge < -0.3 is 15.4 Å². The van der Waals surface area contributed by atoms with Gasteiger partial charge >= 0.3 is 0 Å². The van der Waals surface area contributed by atoms with Crippen LogP contribution in [-0.2, 0) is 4.74 Å². The summed E-state index contributed by atoms with van der Waals surface area (Å²) in [6.07, 6.45) is 2.38. The molecule has 110 valence electrons. The predicted octanol–water partition coefficient (Wildman–Crippen LogP) is 2.60. The molecule has 2 rings (SSSR count). The third-order valence-corrected chi connectivity index (χ3v) is 4.13. The number of halogens is 2. The molecule has 0 radical (unpaired) electrons. The van der Waals surface area contributed by atoms with Crippen LogP contribution in [0.4, 0.5) is 0 Å². The number of ether oxygens (including phenoxy) is 1. The second-order valence-electron chi connectivity index (χ2n) is 4.70. The van der Waals surface area contributed by atoms with Crippen LogP contribution in [0.25, 0.3) is 0 Å². The zero-order chi connectivity index (χ0) is 14.4. The molecule has 0 saturated carbocycles. The Morgan fingerprint density at radius 1 is 1.45 bits per heavy atom. The SMILES string of the molecule is O=C(NCCOC1CCNCC1)c1cc(Cl)ccc1Br. The third kappa shape index (κ3) is 4.74. The van der Waals surface area contributed by atoms with Gasteiger partial charge in [-0.1, -0.05) is 11.6 Å². The van der Waals surface area contributed by atoms with E-state index in [1.54, 1.807) is 18.2 Å². The maximum absolute atomic E-state index is 12.0. The Morgan fingerprint density at radius 2 is 2.20 bits per heavy atom. The summed E-state index contributed by atoms with van der Waals surface area (Å²) in [4.78, 5) is 12.0. The van der Waals surface area contributed by atoms with Gasteiger partial charge in [-0.2, -0.15) is 0 Å². The summed E-state index contributed by atoms with van der Waals surface area (Å²) < 4.78 is 6.47. The molecule has 0 aromatic heterocycles. The van der Waals surface area contributed by atoms with Crippen LogP contribution in [0.15, 0.2) is 22.7 Å². The van der Waals surface area contributed by atoms with Crippen molar-refractivity contribution in [2.75, 3.05) is 26.2 Å². The minimum absolute atomic E-state index is 0.145. The van der Waals surface area contributed by atoms with Gasteiger partial charge in [0.05, 0.1) is 18.3 Å². The van der Waals surface area contributed by atoms with Gasteiger partial charge in [-0.15, -0.1) is 0 Å². The highest BCUT2D eigenvalue weighted by Gasteiger charge is 2.13. The van der Waals surface area contributed by atoms with Gasteiger partial charge in [0.2, 0.25) is 0 Å². The minimum Gasteiger partial charge on any atom is -0.376 e. The van der Waals surface area contributed by atoms with Crippen LogP contribution in [0, 0.1) is 0 Å². The average molecular weight is 362 g/mol. The monoisotopic (exact) mass is 360 g/mol. The second-order valence-corrected chi connectivity index (χ2v) is 5.99. The van der Waals surface area contributed by atoms with Crippen LogP contribution in [0.3, 0.4) is 0 Å². The molecule has 4 nitrogen and oxygen atoms in total. The number of piperidine rings is 1. The highest BCUT2D eigenvalue weighted by Crippen LogP contribution is 2.20. The normalized spacial score (nSPS) is 16.1. The summed E-state index contributed by atoms with van der Waals surface area (Å²) in [7, 11) is 0. The van der Waals surface area contributed by atoms with Crippen molar-refractivity contribution in [2.24, 2.45) is 0 Å². The Balaban J connectivity index is 1.73. The van der Waals surface area contributed by atoms with Crippen LogP contribution >= 0.6 is 27.5 Å². The minimum atomic E-state index is -0.145. The van der Waals surface area contributed by atoms with Crippen molar-refractivity contribution in [3.63, 3.8) is 0 Å². The maximum Gasteiger partial charge on any atom is 0.252 e. The van der Waals surface area contributed by atoms with Gasteiger partial charge in [0.25, 0.3) is 5.91 Å². The summed E-state index contributed by atoms with van der Waals surface area (Å²) in [6, 6.07) is 5.15. The summed E-state index contributed by atoms with van der Waals surface area (Å²) in [5.41, 5.74) is 0.541. The molecule has 0 aliphatic carbocycles. The van der Waals surface area contributed by atoms with E-state index < -0.39 is 0 Å². The highest BCUT2D eigenvalue weighted by atomic mass is 79.9. The fraction of sp³-hybridized carbons (Fsp3) is 0.500. The molecule has 20 heavy (non-hydrogen) atoms. The molecule has 1 saturated heterocycles. The van der Waals surface area contributed by atoms with Crippen molar-refractivity contribution in [3.8, 4) is 0 Å². The molecule has 0 atom stereocenters. The van der Waals surface area contributed by atoms with Crippen molar-refractivity contribution in [1.29, 1.82) is 0 Å². The van der Waals surface area contributed by atoms with Crippen molar-refractivity contribution < 1.29 is 9.53 Å². The molecule has 1 heterocycles. The molecule has 1 fully saturated rings. The Hall–Kier alpha value is -0.620. The van der Waals surface area contributed by atoms with Crippen LogP contribution in [0.5, 0.6) is 0 Å².